The number of nitrogens with one attached hydrogen (secondary N) is 1. The van der Waals surface area contributed by atoms with Crippen LogP contribution in [0.2, 0.25) is 0 Å². The second kappa shape index (κ2) is 19.6. The number of ether oxygens (including phenoxy) is 2. The van der Waals surface area contributed by atoms with E-state index in [-0.39, 0.29) is 22.9 Å². The van der Waals surface area contributed by atoms with E-state index in [2.05, 4.69) is 35.8 Å². The van der Waals surface area contributed by atoms with Gasteiger partial charge in [-0.1, -0.05) is 0 Å². The molecule has 0 spiro atoms. The number of aromatic amines is 1. The van der Waals surface area contributed by atoms with Crippen molar-refractivity contribution in [2.24, 2.45) is 30.7 Å². The number of azo groups is 3. The van der Waals surface area contributed by atoms with Gasteiger partial charge in [0.25, 0.3) is 46.0 Å². The molecule has 0 fully saturated rings. The van der Waals surface area contributed by atoms with Gasteiger partial charge in [0.15, 0.2) is 17.1 Å². The molecular formula is C36H30N8O21S4. The molecule has 0 aliphatic carbocycles. The number of carboxylic acid groups (broad SMARTS) is 1. The topological polar surface area (TPSA) is 466 Å². The first-order valence-corrected chi connectivity index (χ1v) is 24.1. The summed E-state index contributed by atoms with van der Waals surface area (Å²) in [5.41, 5.74) is -5.63. The summed E-state index contributed by atoms with van der Waals surface area (Å²) in [6, 6.07) is 10.4. The van der Waals surface area contributed by atoms with Gasteiger partial charge in [-0.2, -0.15) is 38.8 Å². The first kappa shape index (κ1) is 50.8. The highest BCUT2D eigenvalue weighted by molar-refractivity contribution is 7.86. The number of fused-ring (bicyclic) bond motifs is 1. The molecule has 0 unspecified atom stereocenters. The van der Waals surface area contributed by atoms with Crippen molar-refractivity contribution in [1.29, 1.82) is 0 Å². The van der Waals surface area contributed by atoms with Gasteiger partial charge in [0, 0.05) is 18.2 Å². The number of aromatic carboxylic acids is 1. The first-order valence-electron chi connectivity index (χ1n) is 18.4. The molecule has 6 aromatic rings. The van der Waals surface area contributed by atoms with Gasteiger partial charge in [-0.3, -0.25) is 28.1 Å². The first-order chi connectivity index (χ1) is 32.2. The minimum atomic E-state index is -5.33. The normalized spacial score (nSPS) is 12.7. The Balaban J connectivity index is 1.41. The molecule has 1 heterocycles. The third-order valence-corrected chi connectivity index (χ3v) is 12.3. The number of rotatable bonds is 18. The number of hydrogen-bond acceptors (Lipinski definition) is 22. The molecule has 0 saturated heterocycles. The van der Waals surface area contributed by atoms with Crippen molar-refractivity contribution < 1.29 is 91.7 Å². The summed E-state index contributed by atoms with van der Waals surface area (Å²) in [5, 5.41) is 74.2. The average Bonchev–Trinajstić information content (AvgIpc) is 3.60. The molecule has 0 bridgehead atoms. The monoisotopic (exact) mass is 1040 g/mol. The van der Waals surface area contributed by atoms with E-state index in [0.29, 0.717) is 28.9 Å². The number of aromatic hydroxyl groups is 2. The number of aliphatic hydroxyl groups excluding tert-OH is 2. The van der Waals surface area contributed by atoms with Crippen LogP contribution in [0.25, 0.3) is 16.5 Å². The van der Waals surface area contributed by atoms with E-state index < -0.39 is 154 Å². The van der Waals surface area contributed by atoms with E-state index in [9.17, 15) is 87.0 Å². The molecule has 6 rings (SSSR count). The van der Waals surface area contributed by atoms with Crippen molar-refractivity contribution in [3.05, 3.63) is 88.8 Å². The maximum atomic E-state index is 13.2. The highest BCUT2D eigenvalue weighted by Gasteiger charge is 2.27. The quantitative estimate of drug-likeness (QED) is 0.0421. The number of benzene rings is 5. The van der Waals surface area contributed by atoms with Crippen LogP contribution < -0.4 is 15.0 Å². The van der Waals surface area contributed by atoms with E-state index >= 15 is 0 Å². The minimum Gasteiger partial charge on any atom is -0.507 e. The Morgan fingerprint density at radius 1 is 0.594 bits per heavy atom. The van der Waals surface area contributed by atoms with Crippen LogP contribution in [0.5, 0.6) is 23.0 Å². The molecule has 33 heteroatoms. The number of H-pyrrole nitrogens is 1. The molecule has 0 aliphatic rings. The Morgan fingerprint density at radius 3 is 1.65 bits per heavy atom. The Morgan fingerprint density at radius 2 is 1.13 bits per heavy atom. The Hall–Kier alpha value is -7.60. The SMILES string of the molecule is O=C(O)c1[nH]n(-c2ccc(S(=O)(=O)O)cc2)c(=O)c1N=Nc1ccc(N=Nc2cc(OCCO)c(N=Nc3c(S(=O)(=O)O)cc4cc(S(=O)(=O)O)cc(O)c4c3O)cc2OCCO)c(S(=O)(=O)O)c1. The maximum Gasteiger partial charge on any atom is 0.356 e. The van der Waals surface area contributed by atoms with Gasteiger partial charge in [-0.25, -0.2) is 9.48 Å². The molecule has 5 aromatic carbocycles. The summed E-state index contributed by atoms with van der Waals surface area (Å²) in [5.74, 6) is -4.56. The molecule has 1 aromatic heterocycles. The van der Waals surface area contributed by atoms with Gasteiger partial charge in [-0.05, 0) is 60.0 Å². The lowest BCUT2D eigenvalue weighted by Crippen LogP contribution is -2.14. The zero-order valence-corrected chi connectivity index (χ0v) is 37.2. The summed E-state index contributed by atoms with van der Waals surface area (Å²) < 4.78 is 147. The number of phenolic OH excluding ortho intramolecular Hbond substituents is 2. The molecule has 364 valence electrons. The second-order valence-corrected chi connectivity index (χ2v) is 19.1. The van der Waals surface area contributed by atoms with Gasteiger partial charge < -0.3 is 35.0 Å². The van der Waals surface area contributed by atoms with Gasteiger partial charge in [0.1, 0.15) is 63.0 Å². The summed E-state index contributed by atoms with van der Waals surface area (Å²) in [7, 11) is -20.1. The number of nitrogens with zero attached hydrogens (tertiary/aromatic N) is 7. The minimum absolute atomic E-state index is 0.101. The van der Waals surface area contributed by atoms with Crippen molar-refractivity contribution >= 4 is 91.3 Å². The van der Waals surface area contributed by atoms with Crippen LogP contribution >= 0.6 is 0 Å². The molecule has 0 amide bonds. The third-order valence-electron chi connectivity index (χ3n) is 8.90. The van der Waals surface area contributed by atoms with E-state index in [1.54, 1.807) is 0 Å². The molecule has 29 nitrogen and oxygen atoms in total. The molecule has 0 radical (unpaired) electrons. The van der Waals surface area contributed by atoms with Crippen LogP contribution in [0.3, 0.4) is 0 Å². The van der Waals surface area contributed by atoms with E-state index in [1.807, 2.05) is 0 Å². The van der Waals surface area contributed by atoms with Crippen LogP contribution in [0.4, 0.5) is 34.1 Å². The summed E-state index contributed by atoms with van der Waals surface area (Å²) in [6.45, 7) is -2.15. The summed E-state index contributed by atoms with van der Waals surface area (Å²) in [4.78, 5) is 21.6. The number of aromatic nitrogens is 2. The predicted octanol–water partition coefficient (Wildman–Crippen LogP) is 4.40. The predicted molar refractivity (Wildman–Crippen MR) is 230 cm³/mol. The van der Waals surface area contributed by atoms with E-state index in [1.165, 1.54) is 0 Å². The zero-order valence-electron chi connectivity index (χ0n) is 33.9. The summed E-state index contributed by atoms with van der Waals surface area (Å²) >= 11 is 0. The van der Waals surface area contributed by atoms with Crippen molar-refractivity contribution in [1.82, 2.24) is 9.78 Å². The van der Waals surface area contributed by atoms with Crippen LogP contribution in [0, 0.1) is 0 Å². The fourth-order valence-electron chi connectivity index (χ4n) is 5.91. The largest absolute Gasteiger partial charge is 0.507 e. The van der Waals surface area contributed by atoms with Gasteiger partial charge >= 0.3 is 5.97 Å². The van der Waals surface area contributed by atoms with E-state index in [0.717, 1.165) is 48.5 Å². The van der Waals surface area contributed by atoms with Crippen LogP contribution in [0.1, 0.15) is 10.5 Å². The molecule has 69 heavy (non-hydrogen) atoms. The van der Waals surface area contributed by atoms with Crippen molar-refractivity contribution in [2.75, 3.05) is 26.4 Å². The third kappa shape index (κ3) is 11.4. The van der Waals surface area contributed by atoms with Crippen LogP contribution in [-0.2, 0) is 40.5 Å². The fourth-order valence-corrected chi connectivity index (χ4v) is 8.23. The standard InChI is InChI=1S/C36H30N8O21S4/c45-7-9-64-26-16-24(40-41-31-29(69(61,62)63)12-17-11-21(67(55,56)57)14-25(47)30(17)34(31)48)27(65-10-8-46)15-23(26)39-38-22-6-1-18(13-28(22)68(58,59)60)37-42-32-33(36(50)51)43-44(35(32)49)19-2-4-20(5-3-19)66(52,53)54/h1-6,11-16,43,45-48H,7-10H2,(H,50,51)(H,52,53,54)(H,55,56,57)(H,58,59,60)(H,61,62,63). The van der Waals surface area contributed by atoms with Crippen molar-refractivity contribution in [3.8, 4) is 28.7 Å². The lowest BCUT2D eigenvalue weighted by molar-refractivity contribution is 0.0690. The lowest BCUT2D eigenvalue weighted by atomic mass is 10.1. The highest BCUT2D eigenvalue weighted by Crippen LogP contribution is 2.47. The number of aliphatic hydroxyl groups is 2. The molecule has 0 aliphatic heterocycles. The Kier molecular flexibility index (Phi) is 14.4. The average molecular weight is 1040 g/mol. The van der Waals surface area contributed by atoms with Crippen molar-refractivity contribution in [2.45, 2.75) is 19.6 Å². The zero-order chi connectivity index (χ0) is 50.8. The number of carboxylic acids is 1. The number of hydrogen-bond donors (Lipinski definition) is 10. The van der Waals surface area contributed by atoms with Crippen molar-refractivity contribution in [3.63, 3.8) is 0 Å². The molecule has 10 N–H and O–H groups in total. The van der Waals surface area contributed by atoms with Gasteiger partial charge in [0.05, 0.1) is 39.8 Å². The fraction of sp³-hybridized carbons (Fsp3) is 0.111. The van der Waals surface area contributed by atoms with Gasteiger partial charge in [-0.15, -0.1) is 25.6 Å². The second-order valence-electron chi connectivity index (χ2n) is 13.5. The highest BCUT2D eigenvalue weighted by atomic mass is 32.2. The maximum absolute atomic E-state index is 13.2. The number of carbonyl (C=O) groups is 1. The lowest BCUT2D eigenvalue weighted by Gasteiger charge is -2.13. The number of phenols is 2. The van der Waals surface area contributed by atoms with Gasteiger partial charge in [0.2, 0.25) is 0 Å². The molecule has 0 atom stereocenters. The molecular weight excluding hydrogens is 1010 g/mol. The molecule has 0 saturated carbocycles. The summed E-state index contributed by atoms with van der Waals surface area (Å²) in [6.07, 6.45) is 0. The van der Waals surface area contributed by atoms with Crippen LogP contribution in [0.15, 0.2) is 128 Å². The van der Waals surface area contributed by atoms with Crippen LogP contribution in [-0.4, -0.2) is 120 Å². The Labute approximate surface area is 385 Å². The smallest absolute Gasteiger partial charge is 0.356 e. The Bertz CT molecular complexity index is 3670. The van der Waals surface area contributed by atoms with E-state index in [4.69, 9.17) is 9.47 Å².